The summed E-state index contributed by atoms with van der Waals surface area (Å²) in [7, 11) is 0. The van der Waals surface area contributed by atoms with Gasteiger partial charge in [0, 0.05) is 14.1 Å². The average molecular weight is 354 g/mol. The van der Waals surface area contributed by atoms with Crippen molar-refractivity contribution in [2.24, 2.45) is 0 Å². The predicted octanol–water partition coefficient (Wildman–Crippen LogP) is 3.86. The van der Waals surface area contributed by atoms with E-state index in [-0.39, 0.29) is 21.3 Å². The number of carboxylic acids is 1. The van der Waals surface area contributed by atoms with Crippen molar-refractivity contribution in [1.29, 1.82) is 0 Å². The van der Waals surface area contributed by atoms with Crippen molar-refractivity contribution in [3.8, 4) is 5.75 Å². The Morgan fingerprint density at radius 2 is 2.20 bits per heavy atom. The summed E-state index contributed by atoms with van der Waals surface area (Å²) < 4.78 is 66.6. The number of aliphatic carboxylic acids is 1. The molecular weight excluding hydrogens is 341 g/mol. The molecule has 1 heterocycles. The molecule has 1 unspecified atom stereocenters. The van der Waals surface area contributed by atoms with Gasteiger partial charge < -0.3 is 9.84 Å². The second kappa shape index (κ2) is 4.80. The number of aryl methyl sites for hydroxylation is 1. The van der Waals surface area contributed by atoms with E-state index in [1.807, 2.05) is 0 Å². The maximum Gasteiger partial charge on any atom is 0.430 e. The molecular formula is C13H10BrF3O3. The van der Waals surface area contributed by atoms with Crippen LogP contribution in [0.1, 0.15) is 20.8 Å². The van der Waals surface area contributed by atoms with Gasteiger partial charge in [0.1, 0.15) is 5.75 Å². The summed E-state index contributed by atoms with van der Waals surface area (Å²) in [4.78, 5) is 11.1. The minimum atomic E-state index is -4.94. The van der Waals surface area contributed by atoms with Crippen LogP contribution in [0.25, 0.3) is 6.08 Å². The lowest BCUT2D eigenvalue weighted by atomic mass is 9.96. The zero-order chi connectivity index (χ0) is 17.7. The first-order valence-corrected chi connectivity index (χ1v) is 6.15. The zero-order valence-electron chi connectivity index (χ0n) is 13.0. The van der Waals surface area contributed by atoms with E-state index in [0.29, 0.717) is 11.6 Å². The highest BCUT2D eigenvalue weighted by Crippen LogP contribution is 2.41. The first-order valence-electron chi connectivity index (χ1n) is 6.86. The van der Waals surface area contributed by atoms with E-state index in [4.69, 9.17) is 14.0 Å². The van der Waals surface area contributed by atoms with E-state index in [9.17, 15) is 18.0 Å². The minimum Gasteiger partial charge on any atom is -0.478 e. The van der Waals surface area contributed by atoms with Crippen LogP contribution < -0.4 is 4.74 Å². The van der Waals surface area contributed by atoms with Crippen molar-refractivity contribution >= 4 is 28.0 Å². The van der Waals surface area contributed by atoms with Gasteiger partial charge in [0.2, 0.25) is 6.10 Å². The molecule has 1 aliphatic rings. The normalized spacial score (nSPS) is 20.9. The Hall–Kier alpha value is -1.50. The Labute approximate surface area is 125 Å². The maximum atomic E-state index is 13.0. The fraction of sp³-hybridized carbons (Fsp3) is 0.308. The van der Waals surface area contributed by atoms with Crippen LogP contribution in [0.5, 0.6) is 5.75 Å². The van der Waals surface area contributed by atoms with E-state index >= 15 is 0 Å². The Bertz CT molecular complexity index is 711. The van der Waals surface area contributed by atoms with Gasteiger partial charge in [0.05, 0.1) is 5.57 Å². The molecule has 0 saturated heterocycles. The molecule has 0 radical (unpaired) electrons. The molecule has 1 atom stereocenters. The molecule has 1 aromatic carbocycles. The van der Waals surface area contributed by atoms with Gasteiger partial charge in [-0.1, -0.05) is 15.9 Å². The van der Waals surface area contributed by atoms with Crippen molar-refractivity contribution in [3.63, 3.8) is 0 Å². The lowest BCUT2D eigenvalue weighted by Crippen LogP contribution is -2.40. The van der Waals surface area contributed by atoms with Crippen molar-refractivity contribution in [2.45, 2.75) is 26.1 Å². The summed E-state index contributed by atoms with van der Waals surface area (Å²) in [5, 5.41) is 9.01. The lowest BCUT2D eigenvalue weighted by Gasteiger charge is -2.28. The van der Waals surface area contributed by atoms with Crippen LogP contribution in [-0.2, 0) is 4.79 Å². The summed E-state index contributed by atoms with van der Waals surface area (Å²) in [6, 6.07) is 1.24. The molecule has 0 fully saturated rings. The number of hydrogen-bond donors (Lipinski definition) is 1. The highest BCUT2D eigenvalue weighted by atomic mass is 79.9. The maximum absolute atomic E-state index is 13.0. The van der Waals surface area contributed by atoms with Crippen molar-refractivity contribution in [2.75, 3.05) is 0 Å². The second-order valence-corrected chi connectivity index (χ2v) is 5.03. The SMILES string of the molecule is [2H]C([2H])([2H])c1c(Br)c(C)cc2c1C=C(C(=O)O)C(C(F)(F)F)O2. The first kappa shape index (κ1) is 11.2. The molecule has 20 heavy (non-hydrogen) atoms. The van der Waals surface area contributed by atoms with Gasteiger partial charge >= 0.3 is 12.1 Å². The first-order chi connectivity index (χ1) is 10.3. The van der Waals surface area contributed by atoms with Gasteiger partial charge in [0.15, 0.2) is 0 Å². The van der Waals surface area contributed by atoms with E-state index in [1.54, 1.807) is 0 Å². The molecule has 3 nitrogen and oxygen atoms in total. The van der Waals surface area contributed by atoms with E-state index in [0.717, 1.165) is 0 Å². The topological polar surface area (TPSA) is 46.5 Å². The van der Waals surface area contributed by atoms with Crippen LogP contribution in [0, 0.1) is 13.8 Å². The molecule has 0 amide bonds. The van der Waals surface area contributed by atoms with Crippen LogP contribution in [0.4, 0.5) is 13.2 Å². The molecule has 7 heteroatoms. The Morgan fingerprint density at radius 1 is 1.55 bits per heavy atom. The average Bonchev–Trinajstić information content (AvgIpc) is 2.36. The van der Waals surface area contributed by atoms with Gasteiger partial charge in [-0.2, -0.15) is 13.2 Å². The number of benzene rings is 1. The number of ether oxygens (including phenoxy) is 1. The Morgan fingerprint density at radius 3 is 2.70 bits per heavy atom. The van der Waals surface area contributed by atoms with Crippen LogP contribution in [0.2, 0.25) is 0 Å². The van der Waals surface area contributed by atoms with Crippen LogP contribution in [0.15, 0.2) is 16.1 Å². The molecule has 0 aromatic heterocycles. The number of hydrogen-bond acceptors (Lipinski definition) is 2. The molecule has 1 N–H and O–H groups in total. The summed E-state index contributed by atoms with van der Waals surface area (Å²) in [6.45, 7) is -1.16. The number of carbonyl (C=O) groups is 1. The molecule has 0 saturated carbocycles. The van der Waals surface area contributed by atoms with Gasteiger partial charge in [-0.15, -0.1) is 0 Å². The summed E-state index contributed by atoms with van der Waals surface area (Å²) >= 11 is 3.09. The second-order valence-electron chi connectivity index (χ2n) is 4.24. The molecule has 108 valence electrons. The molecule has 1 aliphatic heterocycles. The molecule has 2 rings (SSSR count). The summed E-state index contributed by atoms with van der Waals surface area (Å²) in [5.41, 5.74) is -1.18. The zero-order valence-corrected chi connectivity index (χ0v) is 11.6. The third-order valence-corrected chi connectivity index (χ3v) is 3.84. The Balaban J connectivity index is 2.79. The van der Waals surface area contributed by atoms with Gasteiger partial charge in [-0.3, -0.25) is 0 Å². The number of carboxylic acid groups (broad SMARTS) is 1. The van der Waals surface area contributed by atoms with E-state index in [1.165, 1.54) is 13.0 Å². The van der Waals surface area contributed by atoms with Gasteiger partial charge in [-0.25, -0.2) is 4.79 Å². The Kier molecular flexibility index (Phi) is 2.69. The van der Waals surface area contributed by atoms with Crippen molar-refractivity contribution < 1.29 is 31.9 Å². The minimum absolute atomic E-state index is 0.172. The van der Waals surface area contributed by atoms with Crippen molar-refractivity contribution in [3.05, 3.63) is 32.8 Å². The van der Waals surface area contributed by atoms with Crippen LogP contribution in [0.3, 0.4) is 0 Å². The fourth-order valence-electron chi connectivity index (χ4n) is 1.86. The molecule has 0 spiro atoms. The highest BCUT2D eigenvalue weighted by molar-refractivity contribution is 9.10. The lowest BCUT2D eigenvalue weighted by molar-refractivity contribution is -0.187. The third-order valence-electron chi connectivity index (χ3n) is 2.82. The summed E-state index contributed by atoms with van der Waals surface area (Å²) in [5.74, 6) is -2.14. The quantitative estimate of drug-likeness (QED) is 0.833. The number of halogens is 4. The number of rotatable bonds is 1. The monoisotopic (exact) mass is 353 g/mol. The number of fused-ring (bicyclic) bond motifs is 1. The molecule has 0 bridgehead atoms. The van der Waals surface area contributed by atoms with Gasteiger partial charge in [-0.05, 0) is 37.0 Å². The van der Waals surface area contributed by atoms with Crippen LogP contribution >= 0.6 is 15.9 Å². The van der Waals surface area contributed by atoms with E-state index < -0.39 is 30.7 Å². The largest absolute Gasteiger partial charge is 0.478 e. The standard InChI is InChI=1S/C13H10BrF3O3/c1-5-3-9-7(6(2)10(5)14)4-8(12(18)19)11(20-9)13(15,16)17/h3-4,11H,1-2H3,(H,18,19)/i2D3. The highest BCUT2D eigenvalue weighted by Gasteiger charge is 2.48. The van der Waals surface area contributed by atoms with Crippen LogP contribution in [-0.4, -0.2) is 23.4 Å². The third kappa shape index (κ3) is 2.42. The molecule has 0 aliphatic carbocycles. The van der Waals surface area contributed by atoms with Crippen molar-refractivity contribution in [1.82, 2.24) is 0 Å². The van der Waals surface area contributed by atoms with Gasteiger partial charge in [0.25, 0.3) is 0 Å². The fourth-order valence-corrected chi connectivity index (χ4v) is 2.18. The number of alkyl halides is 3. The summed E-state index contributed by atoms with van der Waals surface area (Å²) in [6.07, 6.45) is -6.88. The predicted molar refractivity (Wildman–Crippen MR) is 69.7 cm³/mol. The smallest absolute Gasteiger partial charge is 0.430 e. The van der Waals surface area contributed by atoms with E-state index in [2.05, 4.69) is 15.9 Å². The molecule has 1 aromatic rings.